The van der Waals surface area contributed by atoms with Crippen LogP contribution in [0.3, 0.4) is 0 Å². The van der Waals surface area contributed by atoms with Crippen molar-refractivity contribution in [1.82, 2.24) is 9.78 Å². The topological polar surface area (TPSA) is 57.3 Å². The lowest BCUT2D eigenvalue weighted by Gasteiger charge is -2.08. The predicted molar refractivity (Wildman–Crippen MR) is 105 cm³/mol. The van der Waals surface area contributed by atoms with Crippen LogP contribution in [0.25, 0.3) is 6.08 Å². The second kappa shape index (κ2) is 8.27. The quantitative estimate of drug-likeness (QED) is 0.413. The zero-order valence-corrected chi connectivity index (χ0v) is 16.3. The summed E-state index contributed by atoms with van der Waals surface area (Å²) in [6, 6.07) is 9.15. The molecule has 3 aromatic rings. The maximum Gasteiger partial charge on any atom is 0.189 e. The molecule has 3 rings (SSSR count). The van der Waals surface area contributed by atoms with E-state index >= 15 is 0 Å². The third-order valence-electron chi connectivity index (χ3n) is 4.34. The Morgan fingerprint density at radius 1 is 1.30 bits per heavy atom. The molecule has 0 spiro atoms. The van der Waals surface area contributed by atoms with E-state index in [0.717, 1.165) is 23.6 Å². The number of nitrogens with zero attached hydrogens (tertiary/aromatic N) is 2. The number of hydrogen-bond acceptors (Lipinski definition) is 4. The molecular formula is C21H21ClN2O3. The molecule has 6 heteroatoms. The Bertz CT molecular complexity index is 985. The minimum atomic E-state index is -0.101. The second-order valence-electron chi connectivity index (χ2n) is 6.11. The normalized spacial score (nSPS) is 11.3. The third-order valence-corrected chi connectivity index (χ3v) is 4.75. The number of carbonyl (C=O) groups is 1. The van der Waals surface area contributed by atoms with E-state index in [1.165, 1.54) is 6.08 Å². The molecule has 1 aromatic carbocycles. The van der Waals surface area contributed by atoms with Crippen LogP contribution < -0.4 is 4.74 Å². The number of halogens is 1. The summed E-state index contributed by atoms with van der Waals surface area (Å²) in [5.41, 5.74) is 2.34. The Morgan fingerprint density at radius 3 is 2.85 bits per heavy atom. The van der Waals surface area contributed by atoms with Crippen molar-refractivity contribution in [1.29, 1.82) is 0 Å². The Balaban J connectivity index is 1.63. The molecule has 5 nitrogen and oxygen atoms in total. The molecule has 140 valence electrons. The molecule has 0 amide bonds. The number of hydrogen-bond donors (Lipinski definition) is 0. The molecule has 0 aliphatic rings. The van der Waals surface area contributed by atoms with Gasteiger partial charge in [-0.2, -0.15) is 5.10 Å². The van der Waals surface area contributed by atoms with Crippen molar-refractivity contribution < 1.29 is 13.9 Å². The molecule has 2 aromatic heterocycles. The third kappa shape index (κ3) is 4.31. The number of aryl methyl sites for hydroxylation is 1. The van der Waals surface area contributed by atoms with Gasteiger partial charge in [-0.25, -0.2) is 0 Å². The first kappa shape index (κ1) is 19.0. The van der Waals surface area contributed by atoms with E-state index < -0.39 is 0 Å². The fraction of sp³-hybridized carbons (Fsp3) is 0.238. The van der Waals surface area contributed by atoms with Crippen molar-refractivity contribution in [3.8, 4) is 5.75 Å². The van der Waals surface area contributed by atoms with Gasteiger partial charge < -0.3 is 9.15 Å². The van der Waals surface area contributed by atoms with Crippen LogP contribution in [0.2, 0.25) is 5.02 Å². The highest BCUT2D eigenvalue weighted by molar-refractivity contribution is 6.31. The summed E-state index contributed by atoms with van der Waals surface area (Å²) in [4.78, 5) is 12.3. The summed E-state index contributed by atoms with van der Waals surface area (Å²) < 4.78 is 13.3. The summed E-state index contributed by atoms with van der Waals surface area (Å²) in [5.74, 6) is 1.87. The molecule has 0 fully saturated rings. The Hall–Kier alpha value is -2.79. The Labute approximate surface area is 163 Å². The van der Waals surface area contributed by atoms with Crippen LogP contribution in [-0.2, 0) is 13.2 Å². The SMILES string of the molecule is CCn1ncc(C(=O)/C=C/c2ccc(COc3cccc(Cl)c3C)o2)c1C. The van der Waals surface area contributed by atoms with Gasteiger partial charge in [0.15, 0.2) is 5.78 Å². The molecule has 0 bridgehead atoms. The van der Waals surface area contributed by atoms with Gasteiger partial charge in [0.25, 0.3) is 0 Å². The Morgan fingerprint density at radius 2 is 2.11 bits per heavy atom. The van der Waals surface area contributed by atoms with E-state index in [2.05, 4.69) is 5.10 Å². The van der Waals surface area contributed by atoms with E-state index in [0.29, 0.717) is 22.1 Å². The maximum absolute atomic E-state index is 12.3. The first-order valence-electron chi connectivity index (χ1n) is 8.71. The summed E-state index contributed by atoms with van der Waals surface area (Å²) in [7, 11) is 0. The van der Waals surface area contributed by atoms with E-state index in [1.807, 2.05) is 45.0 Å². The van der Waals surface area contributed by atoms with Gasteiger partial charge in [0.2, 0.25) is 0 Å². The van der Waals surface area contributed by atoms with Crippen LogP contribution in [0, 0.1) is 13.8 Å². The van der Waals surface area contributed by atoms with Crippen LogP contribution in [-0.4, -0.2) is 15.6 Å². The molecule has 0 aliphatic carbocycles. The molecule has 0 aliphatic heterocycles. The van der Waals surface area contributed by atoms with Crippen molar-refractivity contribution in [2.75, 3.05) is 0 Å². The van der Waals surface area contributed by atoms with E-state index in [-0.39, 0.29) is 12.4 Å². The summed E-state index contributed by atoms with van der Waals surface area (Å²) in [6.45, 7) is 6.79. The number of carbonyl (C=O) groups excluding carboxylic acids is 1. The lowest BCUT2D eigenvalue weighted by molar-refractivity contribution is 0.104. The summed E-state index contributed by atoms with van der Waals surface area (Å²) >= 11 is 6.09. The highest BCUT2D eigenvalue weighted by Crippen LogP contribution is 2.26. The maximum atomic E-state index is 12.3. The number of allylic oxidation sites excluding steroid dienone is 1. The average Bonchev–Trinajstić information content (AvgIpc) is 3.27. The van der Waals surface area contributed by atoms with Crippen LogP contribution in [0.4, 0.5) is 0 Å². The zero-order chi connectivity index (χ0) is 19.4. The van der Waals surface area contributed by atoms with Gasteiger partial charge in [0, 0.05) is 22.8 Å². The largest absolute Gasteiger partial charge is 0.485 e. The molecule has 0 radical (unpaired) electrons. The lowest BCUT2D eigenvalue weighted by atomic mass is 10.1. The van der Waals surface area contributed by atoms with Gasteiger partial charge >= 0.3 is 0 Å². The number of rotatable bonds is 7. The molecule has 0 atom stereocenters. The van der Waals surface area contributed by atoms with Crippen LogP contribution in [0.15, 0.2) is 47.0 Å². The average molecular weight is 385 g/mol. The van der Waals surface area contributed by atoms with E-state index in [4.69, 9.17) is 20.8 Å². The minimum absolute atomic E-state index is 0.101. The standard InChI is InChI=1S/C21H21ClN2O3/c1-4-24-15(3)18(12-23-24)20(25)11-10-16-8-9-17(27-16)13-26-21-7-5-6-19(22)14(21)2/h5-12H,4,13H2,1-3H3/b11-10+. The molecule has 0 saturated heterocycles. The number of furan rings is 1. The fourth-order valence-corrected chi connectivity index (χ4v) is 2.88. The van der Waals surface area contributed by atoms with E-state index in [1.54, 1.807) is 23.0 Å². The molecule has 2 heterocycles. The lowest BCUT2D eigenvalue weighted by Crippen LogP contribution is -2.01. The molecule has 0 N–H and O–H groups in total. The van der Waals surface area contributed by atoms with Gasteiger partial charge in [-0.1, -0.05) is 17.7 Å². The van der Waals surface area contributed by atoms with Gasteiger partial charge in [0.1, 0.15) is 23.9 Å². The van der Waals surface area contributed by atoms with Crippen molar-refractivity contribution in [3.63, 3.8) is 0 Å². The highest BCUT2D eigenvalue weighted by Gasteiger charge is 2.11. The summed E-state index contributed by atoms with van der Waals surface area (Å²) in [6.07, 6.45) is 4.74. The fourth-order valence-electron chi connectivity index (χ4n) is 2.71. The molecule has 0 unspecified atom stereocenters. The number of benzene rings is 1. The van der Waals surface area contributed by atoms with Crippen molar-refractivity contribution >= 4 is 23.5 Å². The summed E-state index contributed by atoms with van der Waals surface area (Å²) in [5, 5.41) is 4.86. The van der Waals surface area contributed by atoms with Crippen molar-refractivity contribution in [3.05, 3.63) is 76.0 Å². The van der Waals surface area contributed by atoms with Gasteiger partial charge in [0.05, 0.1) is 11.8 Å². The van der Waals surface area contributed by atoms with Gasteiger partial charge in [-0.3, -0.25) is 9.48 Å². The number of ketones is 1. The Kier molecular flexibility index (Phi) is 5.81. The van der Waals surface area contributed by atoms with E-state index in [9.17, 15) is 4.79 Å². The molecule has 0 saturated carbocycles. The van der Waals surface area contributed by atoms with Crippen molar-refractivity contribution in [2.24, 2.45) is 0 Å². The molecular weight excluding hydrogens is 364 g/mol. The van der Waals surface area contributed by atoms with Crippen LogP contribution >= 0.6 is 11.6 Å². The van der Waals surface area contributed by atoms with Gasteiger partial charge in [-0.05, 0) is 57.2 Å². The first-order valence-corrected chi connectivity index (χ1v) is 9.08. The zero-order valence-electron chi connectivity index (χ0n) is 15.5. The second-order valence-corrected chi connectivity index (χ2v) is 6.52. The highest BCUT2D eigenvalue weighted by atomic mass is 35.5. The molecule has 27 heavy (non-hydrogen) atoms. The smallest absolute Gasteiger partial charge is 0.189 e. The monoisotopic (exact) mass is 384 g/mol. The van der Waals surface area contributed by atoms with Crippen LogP contribution in [0.1, 0.15) is 40.1 Å². The minimum Gasteiger partial charge on any atom is -0.485 e. The number of ether oxygens (including phenoxy) is 1. The van der Waals surface area contributed by atoms with Gasteiger partial charge in [-0.15, -0.1) is 0 Å². The first-order chi connectivity index (χ1) is 13.0. The predicted octanol–water partition coefficient (Wildman–Crippen LogP) is 5.24. The van der Waals surface area contributed by atoms with Crippen LogP contribution in [0.5, 0.6) is 5.75 Å². The number of aromatic nitrogens is 2. The van der Waals surface area contributed by atoms with Crippen molar-refractivity contribution in [2.45, 2.75) is 33.9 Å².